The predicted octanol–water partition coefficient (Wildman–Crippen LogP) is 4.44. The van der Waals surface area contributed by atoms with Crippen molar-refractivity contribution in [2.45, 2.75) is 38.7 Å². The van der Waals surface area contributed by atoms with Crippen LogP contribution in [0.1, 0.15) is 42.2 Å². The second-order valence-electron chi connectivity index (χ2n) is 7.48. The van der Waals surface area contributed by atoms with Crippen molar-refractivity contribution in [1.29, 1.82) is 0 Å². The van der Waals surface area contributed by atoms with Crippen molar-refractivity contribution in [3.8, 4) is 0 Å². The highest BCUT2D eigenvalue weighted by Gasteiger charge is 2.43. The molecule has 1 atom stereocenters. The molecule has 1 aliphatic heterocycles. The molecule has 0 saturated carbocycles. The number of esters is 2. The first-order chi connectivity index (χ1) is 14.0. The van der Waals surface area contributed by atoms with E-state index in [-0.39, 0.29) is 30.5 Å². The summed E-state index contributed by atoms with van der Waals surface area (Å²) in [6.07, 6.45) is 0.480. The maximum Gasteiger partial charge on any atom is 0.338 e. The van der Waals surface area contributed by atoms with E-state index in [1.807, 2.05) is 41.8 Å². The summed E-state index contributed by atoms with van der Waals surface area (Å²) in [6, 6.07) is 11.9. The molecule has 2 aliphatic rings. The fourth-order valence-electron chi connectivity index (χ4n) is 3.89. The minimum atomic E-state index is -0.676. The van der Waals surface area contributed by atoms with Gasteiger partial charge in [0, 0.05) is 17.7 Å². The molecule has 5 nitrogen and oxygen atoms in total. The van der Waals surface area contributed by atoms with Crippen LogP contribution < -0.4 is 0 Å². The quantitative estimate of drug-likeness (QED) is 0.738. The van der Waals surface area contributed by atoms with Crippen molar-refractivity contribution in [3.63, 3.8) is 0 Å². The predicted molar refractivity (Wildman–Crippen MR) is 110 cm³/mol. The van der Waals surface area contributed by atoms with Crippen LogP contribution in [-0.2, 0) is 25.5 Å². The normalized spacial score (nSPS) is 18.9. The number of allylic oxidation sites excluding steroid dienone is 1. The molecule has 0 bridgehead atoms. The van der Waals surface area contributed by atoms with Gasteiger partial charge < -0.3 is 14.6 Å². The van der Waals surface area contributed by atoms with Gasteiger partial charge in [-0.05, 0) is 42.0 Å². The number of aliphatic hydroxyl groups is 1. The summed E-state index contributed by atoms with van der Waals surface area (Å²) in [5.41, 5.74) is 3.31. The third-order valence-electron chi connectivity index (χ3n) is 5.11. The minimum absolute atomic E-state index is 0.0467. The Kier molecular flexibility index (Phi) is 5.28. The van der Waals surface area contributed by atoms with Crippen LogP contribution in [0.25, 0.3) is 0 Å². The molecule has 1 aliphatic carbocycles. The van der Waals surface area contributed by atoms with Gasteiger partial charge in [-0.25, -0.2) is 9.59 Å². The lowest BCUT2D eigenvalue weighted by Crippen LogP contribution is -2.26. The zero-order valence-corrected chi connectivity index (χ0v) is 17.1. The Morgan fingerprint density at radius 3 is 2.76 bits per heavy atom. The number of carbonyl (C=O) groups excluding carboxylic acids is 2. The number of thiophene rings is 1. The Hall–Kier alpha value is -2.86. The largest absolute Gasteiger partial charge is 0.511 e. The lowest BCUT2D eigenvalue weighted by molar-refractivity contribution is -0.143. The van der Waals surface area contributed by atoms with Gasteiger partial charge in [-0.1, -0.05) is 30.3 Å². The van der Waals surface area contributed by atoms with Crippen LogP contribution in [0.4, 0.5) is 0 Å². The number of benzene rings is 1. The zero-order valence-electron chi connectivity index (χ0n) is 16.3. The first kappa shape index (κ1) is 19.5. The van der Waals surface area contributed by atoms with Crippen LogP contribution in [0, 0.1) is 0 Å². The monoisotopic (exact) mass is 410 g/mol. The average molecular weight is 410 g/mol. The van der Waals surface area contributed by atoms with Crippen LogP contribution in [0.5, 0.6) is 0 Å². The highest BCUT2D eigenvalue weighted by Crippen LogP contribution is 2.46. The molecule has 150 valence electrons. The molecule has 0 fully saturated rings. The van der Waals surface area contributed by atoms with Crippen molar-refractivity contribution in [2.75, 3.05) is 6.61 Å². The number of ether oxygens (including phenoxy) is 2. The fraction of sp³-hybridized carbons (Fsp3) is 0.304. The molecule has 1 aromatic carbocycles. The summed E-state index contributed by atoms with van der Waals surface area (Å²) < 4.78 is 10.6. The molecular formula is C23H22O5S. The van der Waals surface area contributed by atoms with Crippen LogP contribution in [0.3, 0.4) is 0 Å². The number of rotatable bonds is 5. The summed E-state index contributed by atoms with van der Waals surface area (Å²) in [7, 11) is 0. The van der Waals surface area contributed by atoms with Crippen molar-refractivity contribution < 1.29 is 24.2 Å². The second kappa shape index (κ2) is 7.87. The lowest BCUT2D eigenvalue weighted by Gasteiger charge is -2.26. The molecule has 0 saturated heterocycles. The maximum absolute atomic E-state index is 12.9. The molecule has 0 radical (unpaired) electrons. The van der Waals surface area contributed by atoms with E-state index in [2.05, 4.69) is 0 Å². The molecule has 1 N–H and O–H groups in total. The van der Waals surface area contributed by atoms with Crippen molar-refractivity contribution >= 4 is 23.3 Å². The summed E-state index contributed by atoms with van der Waals surface area (Å²) >= 11 is 1.57. The van der Waals surface area contributed by atoms with E-state index in [1.54, 1.807) is 25.2 Å². The van der Waals surface area contributed by atoms with Crippen molar-refractivity contribution in [2.24, 2.45) is 0 Å². The molecule has 0 amide bonds. The number of cyclic esters (lactones) is 1. The Balaban J connectivity index is 1.80. The van der Waals surface area contributed by atoms with Gasteiger partial charge in [-0.2, -0.15) is 0 Å². The molecule has 29 heavy (non-hydrogen) atoms. The Morgan fingerprint density at radius 1 is 1.28 bits per heavy atom. The highest BCUT2D eigenvalue weighted by molar-refractivity contribution is 7.10. The molecule has 2 aromatic rings. The van der Waals surface area contributed by atoms with Gasteiger partial charge in [0.15, 0.2) is 0 Å². The van der Waals surface area contributed by atoms with Crippen LogP contribution in [0.2, 0.25) is 0 Å². The molecule has 0 spiro atoms. The first-order valence-electron chi connectivity index (χ1n) is 9.58. The Morgan fingerprint density at radius 2 is 2.03 bits per heavy atom. The van der Waals surface area contributed by atoms with Gasteiger partial charge in [0.2, 0.25) is 0 Å². The summed E-state index contributed by atoms with van der Waals surface area (Å²) in [4.78, 5) is 26.5. The van der Waals surface area contributed by atoms with Gasteiger partial charge in [0.1, 0.15) is 12.4 Å². The van der Waals surface area contributed by atoms with E-state index in [1.165, 1.54) is 0 Å². The van der Waals surface area contributed by atoms with E-state index < -0.39 is 17.9 Å². The van der Waals surface area contributed by atoms with Crippen molar-refractivity contribution in [3.05, 3.63) is 80.3 Å². The molecule has 2 heterocycles. The molecular weight excluding hydrogens is 388 g/mol. The van der Waals surface area contributed by atoms with Gasteiger partial charge in [0.25, 0.3) is 0 Å². The van der Waals surface area contributed by atoms with Crippen LogP contribution >= 0.6 is 11.3 Å². The number of hydrogen-bond acceptors (Lipinski definition) is 6. The highest BCUT2D eigenvalue weighted by atomic mass is 32.1. The van der Waals surface area contributed by atoms with E-state index in [9.17, 15) is 14.7 Å². The van der Waals surface area contributed by atoms with Crippen LogP contribution in [-0.4, -0.2) is 29.8 Å². The molecule has 1 aromatic heterocycles. The van der Waals surface area contributed by atoms with E-state index in [4.69, 9.17) is 9.47 Å². The van der Waals surface area contributed by atoms with E-state index >= 15 is 0 Å². The van der Waals surface area contributed by atoms with Gasteiger partial charge in [-0.15, -0.1) is 11.3 Å². The molecule has 4 rings (SSSR count). The summed E-state index contributed by atoms with van der Waals surface area (Å²) in [5, 5.41) is 12.7. The number of carbonyl (C=O) groups is 2. The fourth-order valence-corrected chi connectivity index (χ4v) is 4.84. The first-order valence-corrected chi connectivity index (χ1v) is 10.5. The van der Waals surface area contributed by atoms with Crippen LogP contribution in [0.15, 0.2) is 64.3 Å². The SMILES string of the molecule is CC(C)OC(=O)C1=C(O)CC2=C(C(=O)OC2)C1c1ccsc1Cc1ccccc1. The number of hydrogen-bond donors (Lipinski definition) is 1. The maximum atomic E-state index is 12.9. The average Bonchev–Trinajstić information content (AvgIpc) is 3.27. The standard InChI is InChI=1S/C23H22O5S/c1-13(2)28-23(26)21-17(24)11-15-12-27-22(25)19(15)20(21)16-8-9-29-18(16)10-14-6-4-3-5-7-14/h3-9,13,20,24H,10-12H2,1-2H3. The van der Waals surface area contributed by atoms with Gasteiger partial charge in [-0.3, -0.25) is 0 Å². The Labute approximate surface area is 173 Å². The minimum Gasteiger partial charge on any atom is -0.511 e. The van der Waals surface area contributed by atoms with E-state index in [0.29, 0.717) is 12.0 Å². The molecule has 1 unspecified atom stereocenters. The van der Waals surface area contributed by atoms with E-state index in [0.717, 1.165) is 21.6 Å². The summed E-state index contributed by atoms with van der Waals surface area (Å²) in [5.74, 6) is -1.74. The number of aliphatic hydroxyl groups excluding tert-OH is 1. The topological polar surface area (TPSA) is 72.8 Å². The van der Waals surface area contributed by atoms with Gasteiger partial charge >= 0.3 is 11.9 Å². The second-order valence-corrected chi connectivity index (χ2v) is 8.48. The Bertz CT molecular complexity index is 1010. The zero-order chi connectivity index (χ0) is 20.5. The van der Waals surface area contributed by atoms with Gasteiger partial charge in [0.05, 0.1) is 23.2 Å². The molecule has 6 heteroatoms. The lowest BCUT2D eigenvalue weighted by atomic mass is 9.77. The third kappa shape index (κ3) is 3.72. The smallest absolute Gasteiger partial charge is 0.338 e. The third-order valence-corrected chi connectivity index (χ3v) is 6.05. The summed E-state index contributed by atoms with van der Waals surface area (Å²) in [6.45, 7) is 3.67. The van der Waals surface area contributed by atoms with Crippen molar-refractivity contribution in [1.82, 2.24) is 0 Å².